The van der Waals surface area contributed by atoms with Gasteiger partial charge in [0.1, 0.15) is 16.7 Å². The van der Waals surface area contributed by atoms with Gasteiger partial charge in [0, 0.05) is 23.9 Å². The second-order valence-corrected chi connectivity index (χ2v) is 5.47. The second kappa shape index (κ2) is 6.49. The Hall–Kier alpha value is -2.22. The van der Waals surface area contributed by atoms with Crippen LogP contribution in [0.15, 0.2) is 23.2 Å². The van der Waals surface area contributed by atoms with Crippen LogP contribution in [-0.2, 0) is 9.59 Å². The van der Waals surface area contributed by atoms with E-state index >= 15 is 0 Å². The van der Waals surface area contributed by atoms with E-state index in [0.29, 0.717) is 17.2 Å². The van der Waals surface area contributed by atoms with Crippen LogP contribution in [0, 0.1) is 0 Å². The summed E-state index contributed by atoms with van der Waals surface area (Å²) in [7, 11) is 3.04. The van der Waals surface area contributed by atoms with Gasteiger partial charge in [0.05, 0.1) is 20.6 Å². The van der Waals surface area contributed by atoms with Crippen LogP contribution in [0.1, 0.15) is 6.42 Å². The fraction of sp³-hybridized carbons (Fsp3) is 0.308. The van der Waals surface area contributed by atoms with Gasteiger partial charge >= 0.3 is 0 Å². The minimum Gasteiger partial charge on any atom is -0.497 e. The second-order valence-electron chi connectivity index (χ2n) is 4.24. The summed E-state index contributed by atoms with van der Waals surface area (Å²) in [6.45, 7) is 0. The number of thioether (sulfide) groups is 1. The molecule has 1 aliphatic heterocycles. The first-order chi connectivity index (χ1) is 10.0. The summed E-state index contributed by atoms with van der Waals surface area (Å²) < 4.78 is 10.3. The Kier molecular flexibility index (Phi) is 4.69. The molecule has 0 unspecified atom stereocenters. The number of hydrogen-bond acceptors (Lipinski definition) is 6. The molecule has 0 saturated carbocycles. The van der Waals surface area contributed by atoms with Crippen molar-refractivity contribution in [2.24, 2.45) is 10.7 Å². The lowest BCUT2D eigenvalue weighted by Crippen LogP contribution is -2.33. The molecular weight excluding hydrogens is 294 g/mol. The third-order valence-electron chi connectivity index (χ3n) is 2.77. The quantitative estimate of drug-likeness (QED) is 0.859. The Morgan fingerprint density at radius 1 is 1.33 bits per heavy atom. The standard InChI is InChI=1S/C13H15N3O4S/c1-19-8-3-7(4-9(5-8)20-2)15-12(18)10-6-11(17)16-13(14)21-10/h3-5,10H,6H2,1-2H3,(H,15,18)(H2,14,16,17)/t10-/m0/s1. The van der Waals surface area contributed by atoms with Crippen LogP contribution in [-0.4, -0.2) is 36.5 Å². The number of rotatable bonds is 4. The van der Waals surface area contributed by atoms with Gasteiger partial charge in [-0.05, 0) is 0 Å². The molecule has 0 spiro atoms. The van der Waals surface area contributed by atoms with Crippen molar-refractivity contribution in [3.05, 3.63) is 18.2 Å². The van der Waals surface area contributed by atoms with E-state index < -0.39 is 11.2 Å². The number of carbonyl (C=O) groups excluding carboxylic acids is 2. The molecule has 0 radical (unpaired) electrons. The van der Waals surface area contributed by atoms with E-state index in [1.165, 1.54) is 14.2 Å². The van der Waals surface area contributed by atoms with Gasteiger partial charge in [-0.1, -0.05) is 11.8 Å². The molecule has 1 aliphatic rings. The molecule has 7 nitrogen and oxygen atoms in total. The summed E-state index contributed by atoms with van der Waals surface area (Å²) in [6, 6.07) is 5.01. The average Bonchev–Trinajstić information content (AvgIpc) is 2.45. The number of benzene rings is 1. The van der Waals surface area contributed by atoms with Gasteiger partial charge in [0.25, 0.3) is 0 Å². The molecule has 8 heteroatoms. The minimum absolute atomic E-state index is 0.0261. The Labute approximate surface area is 125 Å². The third-order valence-corrected chi connectivity index (χ3v) is 3.77. The molecule has 21 heavy (non-hydrogen) atoms. The van der Waals surface area contributed by atoms with Gasteiger partial charge in [-0.25, -0.2) is 0 Å². The normalized spacial score (nSPS) is 17.9. The number of hydrogen-bond donors (Lipinski definition) is 2. The number of aliphatic imine (C=N–C) groups is 1. The summed E-state index contributed by atoms with van der Waals surface area (Å²) >= 11 is 1.07. The van der Waals surface area contributed by atoms with Crippen molar-refractivity contribution in [1.82, 2.24) is 0 Å². The molecule has 112 valence electrons. The van der Waals surface area contributed by atoms with Gasteiger partial charge in [0.2, 0.25) is 11.8 Å². The molecule has 1 atom stereocenters. The molecule has 2 amide bonds. The van der Waals surface area contributed by atoms with Gasteiger partial charge in [-0.2, -0.15) is 4.99 Å². The average molecular weight is 309 g/mol. The van der Waals surface area contributed by atoms with Gasteiger partial charge < -0.3 is 20.5 Å². The molecule has 0 fully saturated rings. The molecule has 0 aromatic heterocycles. The van der Waals surface area contributed by atoms with E-state index in [4.69, 9.17) is 15.2 Å². The van der Waals surface area contributed by atoms with Crippen LogP contribution in [0.5, 0.6) is 11.5 Å². The van der Waals surface area contributed by atoms with E-state index in [1.807, 2.05) is 0 Å². The predicted octanol–water partition coefficient (Wildman–Crippen LogP) is 0.989. The zero-order chi connectivity index (χ0) is 15.4. The van der Waals surface area contributed by atoms with Crippen molar-refractivity contribution < 1.29 is 19.1 Å². The predicted molar refractivity (Wildman–Crippen MR) is 80.8 cm³/mol. The lowest BCUT2D eigenvalue weighted by atomic mass is 10.2. The molecule has 1 heterocycles. The fourth-order valence-electron chi connectivity index (χ4n) is 1.79. The minimum atomic E-state index is -0.591. The Bertz CT molecular complexity index is 581. The number of nitrogens with zero attached hydrogens (tertiary/aromatic N) is 1. The molecule has 0 bridgehead atoms. The van der Waals surface area contributed by atoms with E-state index in [0.717, 1.165) is 11.8 Å². The van der Waals surface area contributed by atoms with Crippen molar-refractivity contribution in [2.45, 2.75) is 11.7 Å². The van der Waals surface area contributed by atoms with Crippen LogP contribution >= 0.6 is 11.8 Å². The molecule has 1 aromatic carbocycles. The van der Waals surface area contributed by atoms with Crippen molar-refractivity contribution in [2.75, 3.05) is 19.5 Å². The molecular formula is C13H15N3O4S. The largest absolute Gasteiger partial charge is 0.497 e. The number of nitrogens with two attached hydrogens (primary N) is 1. The molecule has 2 rings (SSSR count). The smallest absolute Gasteiger partial charge is 0.249 e. The topological polar surface area (TPSA) is 103 Å². The summed E-state index contributed by atoms with van der Waals surface area (Å²) in [5, 5.41) is 2.24. The number of carbonyl (C=O) groups is 2. The van der Waals surface area contributed by atoms with Crippen LogP contribution in [0.25, 0.3) is 0 Å². The summed E-state index contributed by atoms with van der Waals surface area (Å²) in [6.07, 6.45) is 0.0261. The third kappa shape index (κ3) is 3.88. The number of anilines is 1. The van der Waals surface area contributed by atoms with Gasteiger partial charge in [-0.15, -0.1) is 0 Å². The number of nitrogens with one attached hydrogen (secondary N) is 1. The maximum Gasteiger partial charge on any atom is 0.249 e. The highest BCUT2D eigenvalue weighted by Gasteiger charge is 2.28. The molecule has 0 saturated heterocycles. The molecule has 3 N–H and O–H groups in total. The summed E-state index contributed by atoms with van der Waals surface area (Å²) in [4.78, 5) is 27.1. The summed E-state index contributed by atoms with van der Waals surface area (Å²) in [5.41, 5.74) is 6.03. The SMILES string of the molecule is COc1cc(NC(=O)[C@@H]2CC(=O)N=C(N)S2)cc(OC)c1. The highest BCUT2D eigenvalue weighted by Crippen LogP contribution is 2.27. The maximum atomic E-state index is 12.2. The van der Waals surface area contributed by atoms with E-state index in [-0.39, 0.29) is 17.5 Å². The van der Waals surface area contributed by atoms with Crippen LogP contribution in [0.4, 0.5) is 5.69 Å². The zero-order valence-corrected chi connectivity index (χ0v) is 12.4. The summed E-state index contributed by atoms with van der Waals surface area (Å²) in [5.74, 6) is 0.396. The first-order valence-corrected chi connectivity index (χ1v) is 6.97. The van der Waals surface area contributed by atoms with Crippen LogP contribution in [0.2, 0.25) is 0 Å². The Morgan fingerprint density at radius 3 is 2.48 bits per heavy atom. The van der Waals surface area contributed by atoms with Gasteiger partial charge in [-0.3, -0.25) is 9.59 Å². The Balaban J connectivity index is 2.12. The number of amidine groups is 1. The first-order valence-electron chi connectivity index (χ1n) is 6.09. The lowest BCUT2D eigenvalue weighted by molar-refractivity contribution is -0.121. The molecule has 1 aromatic rings. The van der Waals surface area contributed by atoms with E-state index in [1.54, 1.807) is 18.2 Å². The highest BCUT2D eigenvalue weighted by molar-refractivity contribution is 8.15. The van der Waals surface area contributed by atoms with Crippen molar-refractivity contribution in [3.8, 4) is 11.5 Å². The number of methoxy groups -OCH3 is 2. The fourth-order valence-corrected chi connectivity index (χ4v) is 2.63. The zero-order valence-electron chi connectivity index (χ0n) is 11.6. The van der Waals surface area contributed by atoms with Crippen molar-refractivity contribution in [1.29, 1.82) is 0 Å². The Morgan fingerprint density at radius 2 is 1.95 bits per heavy atom. The maximum absolute atomic E-state index is 12.2. The van der Waals surface area contributed by atoms with Crippen molar-refractivity contribution >= 4 is 34.4 Å². The number of ether oxygens (including phenoxy) is 2. The molecule has 0 aliphatic carbocycles. The first kappa shape index (κ1) is 15.2. The lowest BCUT2D eigenvalue weighted by Gasteiger charge is -2.18. The highest BCUT2D eigenvalue weighted by atomic mass is 32.2. The van der Waals surface area contributed by atoms with Gasteiger partial charge in [0.15, 0.2) is 5.17 Å². The van der Waals surface area contributed by atoms with E-state index in [2.05, 4.69) is 10.3 Å². The van der Waals surface area contributed by atoms with Crippen molar-refractivity contribution in [3.63, 3.8) is 0 Å². The number of amides is 2. The van der Waals surface area contributed by atoms with Crippen LogP contribution in [0.3, 0.4) is 0 Å². The monoisotopic (exact) mass is 309 g/mol. The van der Waals surface area contributed by atoms with Crippen LogP contribution < -0.4 is 20.5 Å². The van der Waals surface area contributed by atoms with E-state index in [9.17, 15) is 9.59 Å².